The largest absolute Gasteiger partial charge is 0.497 e. The zero-order chi connectivity index (χ0) is 19.8. The molecule has 1 fully saturated rings. The van der Waals surface area contributed by atoms with E-state index in [4.69, 9.17) is 21.1 Å². The van der Waals surface area contributed by atoms with Gasteiger partial charge in [0.1, 0.15) is 5.75 Å². The molecule has 2 aromatic carbocycles. The molecule has 2 N–H and O–H groups in total. The first-order valence-electron chi connectivity index (χ1n) is 9.38. The smallest absolute Gasteiger partial charge is 0.315 e. The quantitative estimate of drug-likeness (QED) is 0.745. The van der Waals surface area contributed by atoms with Crippen molar-refractivity contribution in [3.05, 3.63) is 64.7 Å². The summed E-state index contributed by atoms with van der Waals surface area (Å²) in [5, 5.41) is 6.58. The van der Waals surface area contributed by atoms with Crippen molar-refractivity contribution in [2.75, 3.05) is 40.0 Å². The summed E-state index contributed by atoms with van der Waals surface area (Å²) >= 11 is 6.42. The highest BCUT2D eigenvalue weighted by Gasteiger charge is 2.24. The number of amides is 2. The van der Waals surface area contributed by atoms with Crippen molar-refractivity contribution in [1.29, 1.82) is 0 Å². The van der Waals surface area contributed by atoms with Crippen LogP contribution in [0.3, 0.4) is 0 Å². The van der Waals surface area contributed by atoms with E-state index in [1.54, 1.807) is 7.11 Å². The van der Waals surface area contributed by atoms with Crippen LogP contribution in [0, 0.1) is 0 Å². The predicted octanol–water partition coefficient (Wildman–Crippen LogP) is 3.22. The maximum atomic E-state index is 12.3. The summed E-state index contributed by atoms with van der Waals surface area (Å²) in [6.45, 7) is 3.91. The Morgan fingerprint density at radius 2 is 1.86 bits per heavy atom. The van der Waals surface area contributed by atoms with Gasteiger partial charge in [0.05, 0.1) is 26.4 Å². The second-order valence-corrected chi connectivity index (χ2v) is 7.00. The molecule has 2 amide bonds. The molecule has 0 saturated carbocycles. The highest BCUT2D eigenvalue weighted by atomic mass is 35.5. The molecule has 0 radical (unpaired) electrons. The normalized spacial score (nSPS) is 15.6. The lowest BCUT2D eigenvalue weighted by atomic mass is 10.0. The minimum absolute atomic E-state index is 0.00402. The number of ether oxygens (including phenoxy) is 2. The molecule has 0 aliphatic carbocycles. The van der Waals surface area contributed by atoms with E-state index in [2.05, 4.69) is 15.5 Å². The summed E-state index contributed by atoms with van der Waals surface area (Å²) in [5.74, 6) is 0.793. The number of hydrogen-bond acceptors (Lipinski definition) is 4. The lowest BCUT2D eigenvalue weighted by Crippen LogP contribution is -2.45. The van der Waals surface area contributed by atoms with Gasteiger partial charge in [-0.15, -0.1) is 0 Å². The van der Waals surface area contributed by atoms with Crippen molar-refractivity contribution >= 4 is 17.6 Å². The Morgan fingerprint density at radius 1 is 1.14 bits per heavy atom. The number of rotatable bonds is 7. The van der Waals surface area contributed by atoms with Crippen molar-refractivity contribution in [3.8, 4) is 5.75 Å². The van der Waals surface area contributed by atoms with Crippen LogP contribution in [0.25, 0.3) is 0 Å². The molecular weight excluding hydrogens is 378 g/mol. The SMILES string of the molecule is COc1ccc(CNC(=O)NCC(c2ccccc2Cl)N2CCOCC2)cc1. The van der Waals surface area contributed by atoms with Crippen LogP contribution < -0.4 is 15.4 Å². The number of halogens is 1. The van der Waals surface area contributed by atoms with Gasteiger partial charge in [0.2, 0.25) is 0 Å². The molecule has 2 aromatic rings. The van der Waals surface area contributed by atoms with Gasteiger partial charge in [-0.3, -0.25) is 4.90 Å². The number of hydrogen-bond donors (Lipinski definition) is 2. The zero-order valence-electron chi connectivity index (χ0n) is 16.0. The summed E-state index contributed by atoms with van der Waals surface area (Å²) < 4.78 is 10.6. The Hall–Kier alpha value is -2.28. The third kappa shape index (κ3) is 5.61. The Kier molecular flexibility index (Phi) is 7.54. The molecule has 0 aromatic heterocycles. The Labute approximate surface area is 170 Å². The van der Waals surface area contributed by atoms with Gasteiger partial charge in [0.15, 0.2) is 0 Å². The van der Waals surface area contributed by atoms with E-state index in [0.717, 1.165) is 30.0 Å². The first-order chi connectivity index (χ1) is 13.7. The predicted molar refractivity (Wildman–Crippen MR) is 110 cm³/mol. The van der Waals surface area contributed by atoms with E-state index in [9.17, 15) is 4.79 Å². The fourth-order valence-electron chi connectivity index (χ4n) is 3.25. The molecule has 6 nitrogen and oxygen atoms in total. The van der Waals surface area contributed by atoms with Gasteiger partial charge in [0, 0.05) is 31.2 Å². The number of morpholine rings is 1. The summed E-state index contributed by atoms with van der Waals surface area (Å²) in [7, 11) is 1.63. The molecule has 1 unspecified atom stereocenters. The van der Waals surface area contributed by atoms with Gasteiger partial charge in [0.25, 0.3) is 0 Å². The van der Waals surface area contributed by atoms with Crippen LogP contribution in [-0.4, -0.2) is 50.9 Å². The molecule has 7 heteroatoms. The summed E-state index contributed by atoms with van der Waals surface area (Å²) in [6, 6.07) is 15.2. The third-order valence-corrected chi connectivity index (χ3v) is 5.16. The monoisotopic (exact) mass is 403 g/mol. The molecule has 1 heterocycles. The van der Waals surface area contributed by atoms with Crippen LogP contribution in [-0.2, 0) is 11.3 Å². The van der Waals surface area contributed by atoms with E-state index in [-0.39, 0.29) is 12.1 Å². The number of benzene rings is 2. The first kappa shape index (κ1) is 20.5. The van der Waals surface area contributed by atoms with Gasteiger partial charge >= 0.3 is 6.03 Å². The van der Waals surface area contributed by atoms with Crippen LogP contribution in [0.5, 0.6) is 5.75 Å². The van der Waals surface area contributed by atoms with Gasteiger partial charge in [-0.2, -0.15) is 0 Å². The average Bonchev–Trinajstić information content (AvgIpc) is 2.74. The second kappa shape index (κ2) is 10.3. The number of methoxy groups -OCH3 is 1. The molecule has 1 aliphatic heterocycles. The van der Waals surface area contributed by atoms with Crippen LogP contribution in [0.4, 0.5) is 4.79 Å². The lowest BCUT2D eigenvalue weighted by Gasteiger charge is -2.35. The molecule has 1 saturated heterocycles. The minimum Gasteiger partial charge on any atom is -0.497 e. The van der Waals surface area contributed by atoms with E-state index in [1.165, 1.54) is 0 Å². The van der Waals surface area contributed by atoms with Crippen molar-refractivity contribution in [2.24, 2.45) is 0 Å². The lowest BCUT2D eigenvalue weighted by molar-refractivity contribution is 0.0167. The number of nitrogens with zero attached hydrogens (tertiary/aromatic N) is 1. The van der Waals surface area contributed by atoms with E-state index in [0.29, 0.717) is 31.3 Å². The number of carbonyl (C=O) groups is 1. The highest BCUT2D eigenvalue weighted by Crippen LogP contribution is 2.27. The van der Waals surface area contributed by atoms with Crippen LogP contribution in [0.15, 0.2) is 48.5 Å². The fraction of sp³-hybridized carbons (Fsp3) is 0.381. The Morgan fingerprint density at radius 3 is 2.54 bits per heavy atom. The van der Waals surface area contributed by atoms with Crippen molar-refractivity contribution in [3.63, 3.8) is 0 Å². The van der Waals surface area contributed by atoms with Crippen LogP contribution in [0.2, 0.25) is 5.02 Å². The van der Waals surface area contributed by atoms with E-state index in [1.807, 2.05) is 48.5 Å². The minimum atomic E-state index is -0.207. The van der Waals surface area contributed by atoms with Gasteiger partial charge < -0.3 is 20.1 Å². The van der Waals surface area contributed by atoms with Gasteiger partial charge in [-0.1, -0.05) is 41.9 Å². The molecule has 0 bridgehead atoms. The topological polar surface area (TPSA) is 62.8 Å². The highest BCUT2D eigenvalue weighted by molar-refractivity contribution is 6.31. The molecule has 1 aliphatic rings. The van der Waals surface area contributed by atoms with Crippen molar-refractivity contribution in [2.45, 2.75) is 12.6 Å². The van der Waals surface area contributed by atoms with Gasteiger partial charge in [-0.05, 0) is 29.3 Å². The van der Waals surface area contributed by atoms with Gasteiger partial charge in [-0.25, -0.2) is 4.79 Å². The standard InChI is InChI=1S/C21H26ClN3O3/c1-27-17-8-6-16(7-9-17)14-23-21(26)24-15-20(25-10-12-28-13-11-25)18-4-2-3-5-19(18)22/h2-9,20H,10-15H2,1H3,(H2,23,24,26). The number of urea groups is 1. The summed E-state index contributed by atoms with van der Waals surface area (Å²) in [5.41, 5.74) is 2.02. The first-order valence-corrected chi connectivity index (χ1v) is 9.76. The van der Waals surface area contributed by atoms with Crippen molar-refractivity contribution in [1.82, 2.24) is 15.5 Å². The maximum Gasteiger partial charge on any atom is 0.315 e. The summed E-state index contributed by atoms with van der Waals surface area (Å²) in [6.07, 6.45) is 0. The molecule has 0 spiro atoms. The number of nitrogens with one attached hydrogen (secondary N) is 2. The van der Waals surface area contributed by atoms with Crippen LogP contribution in [0.1, 0.15) is 17.2 Å². The van der Waals surface area contributed by atoms with Crippen molar-refractivity contribution < 1.29 is 14.3 Å². The molecule has 3 rings (SSSR count). The molecule has 150 valence electrons. The molecule has 28 heavy (non-hydrogen) atoms. The average molecular weight is 404 g/mol. The summed E-state index contributed by atoms with van der Waals surface area (Å²) in [4.78, 5) is 14.6. The van der Waals surface area contributed by atoms with E-state index >= 15 is 0 Å². The molecule has 1 atom stereocenters. The zero-order valence-corrected chi connectivity index (χ0v) is 16.7. The van der Waals surface area contributed by atoms with E-state index < -0.39 is 0 Å². The van der Waals surface area contributed by atoms with Crippen LogP contribution >= 0.6 is 11.6 Å². The molecular formula is C21H26ClN3O3. The fourth-order valence-corrected chi connectivity index (χ4v) is 3.51. The number of carbonyl (C=O) groups excluding carboxylic acids is 1. The Bertz CT molecular complexity index is 764. The maximum absolute atomic E-state index is 12.3. The third-order valence-electron chi connectivity index (χ3n) is 4.82. The Balaban J connectivity index is 1.57. The second-order valence-electron chi connectivity index (χ2n) is 6.60.